The number of halogens is 2. The maximum atomic E-state index is 12.7. The fourth-order valence-electron chi connectivity index (χ4n) is 1.80. The summed E-state index contributed by atoms with van der Waals surface area (Å²) in [5.74, 6) is 0.739. The van der Waals surface area contributed by atoms with Gasteiger partial charge in [-0.1, -0.05) is 6.92 Å². The average Bonchev–Trinajstić information content (AvgIpc) is 3.12. The number of guanidine groups is 1. The Hall–Kier alpha value is -1.38. The molecule has 2 rings (SSSR count). The van der Waals surface area contributed by atoms with Crippen LogP contribution in [0.3, 0.4) is 0 Å². The van der Waals surface area contributed by atoms with Crippen LogP contribution in [0.25, 0.3) is 0 Å². The first-order valence-electron chi connectivity index (χ1n) is 6.61. The Morgan fingerprint density at radius 1 is 1.38 bits per heavy atom. The Balaban J connectivity index is 0.00000220. The van der Waals surface area contributed by atoms with Crippen LogP contribution in [0.5, 0.6) is 0 Å². The minimum absolute atomic E-state index is 0. The smallest absolute Gasteiger partial charge is 0.243 e. The number of carbonyl (C=O) groups is 1. The van der Waals surface area contributed by atoms with Gasteiger partial charge in [0.25, 0.3) is 0 Å². The van der Waals surface area contributed by atoms with Crippen LogP contribution in [-0.4, -0.2) is 31.5 Å². The molecule has 7 heteroatoms. The molecule has 0 spiro atoms. The van der Waals surface area contributed by atoms with Gasteiger partial charge in [-0.15, -0.1) is 24.0 Å². The van der Waals surface area contributed by atoms with Crippen LogP contribution in [-0.2, 0) is 4.79 Å². The Kier molecular flexibility index (Phi) is 6.86. The Bertz CT molecular complexity index is 506. The molecular weight excluding hydrogens is 386 g/mol. The van der Waals surface area contributed by atoms with E-state index in [1.807, 2.05) is 0 Å². The number of benzene rings is 1. The zero-order valence-corrected chi connectivity index (χ0v) is 14.4. The van der Waals surface area contributed by atoms with Gasteiger partial charge in [0.2, 0.25) is 5.91 Å². The van der Waals surface area contributed by atoms with Crippen molar-refractivity contribution < 1.29 is 9.18 Å². The van der Waals surface area contributed by atoms with Gasteiger partial charge in [-0.25, -0.2) is 4.39 Å². The summed E-state index contributed by atoms with van der Waals surface area (Å²) >= 11 is 0. The van der Waals surface area contributed by atoms with Crippen LogP contribution in [0, 0.1) is 11.7 Å². The van der Waals surface area contributed by atoms with Gasteiger partial charge in [-0.05, 0) is 36.6 Å². The van der Waals surface area contributed by atoms with Crippen molar-refractivity contribution in [2.45, 2.75) is 19.4 Å². The van der Waals surface area contributed by atoms with Crippen LogP contribution < -0.4 is 16.0 Å². The van der Waals surface area contributed by atoms with E-state index in [1.54, 1.807) is 7.05 Å². The molecule has 0 bridgehead atoms. The normalized spacial score (nSPS) is 20.2. The van der Waals surface area contributed by atoms with E-state index >= 15 is 0 Å². The van der Waals surface area contributed by atoms with Crippen molar-refractivity contribution in [3.05, 3.63) is 30.1 Å². The number of nitrogens with one attached hydrogen (secondary N) is 3. The number of aliphatic imine (C=N–C) groups is 1. The zero-order valence-electron chi connectivity index (χ0n) is 12.0. The van der Waals surface area contributed by atoms with E-state index in [0.29, 0.717) is 23.6 Å². The van der Waals surface area contributed by atoms with Crippen molar-refractivity contribution in [2.24, 2.45) is 10.9 Å². The molecule has 2 unspecified atom stereocenters. The van der Waals surface area contributed by atoms with Gasteiger partial charge in [0.15, 0.2) is 5.96 Å². The highest BCUT2D eigenvalue weighted by Gasteiger charge is 2.33. The summed E-state index contributed by atoms with van der Waals surface area (Å²) < 4.78 is 12.7. The average molecular weight is 406 g/mol. The molecule has 1 aromatic carbocycles. The van der Waals surface area contributed by atoms with E-state index in [4.69, 9.17) is 0 Å². The number of rotatable bonds is 4. The van der Waals surface area contributed by atoms with Crippen LogP contribution in [0.2, 0.25) is 0 Å². The van der Waals surface area contributed by atoms with E-state index in [1.165, 1.54) is 24.3 Å². The highest BCUT2D eigenvalue weighted by atomic mass is 127. The van der Waals surface area contributed by atoms with Gasteiger partial charge in [-0.3, -0.25) is 9.79 Å². The molecule has 1 fully saturated rings. The molecule has 1 aliphatic carbocycles. The topological polar surface area (TPSA) is 65.5 Å². The SMILES string of the molecule is CN=C(NCC(=O)Nc1ccc(F)cc1)NC1CC1C.I. The van der Waals surface area contributed by atoms with Crippen LogP contribution in [0.15, 0.2) is 29.3 Å². The number of amides is 1. The lowest BCUT2D eigenvalue weighted by Gasteiger charge is -2.11. The quantitative estimate of drug-likeness (QED) is 0.407. The van der Waals surface area contributed by atoms with Crippen LogP contribution >= 0.6 is 24.0 Å². The first kappa shape index (κ1) is 17.7. The fraction of sp³-hybridized carbons (Fsp3) is 0.429. The minimum Gasteiger partial charge on any atom is -0.353 e. The van der Waals surface area contributed by atoms with Gasteiger partial charge in [-0.2, -0.15) is 0 Å². The molecule has 1 aliphatic rings. The van der Waals surface area contributed by atoms with E-state index in [0.717, 1.165) is 6.42 Å². The molecule has 5 nitrogen and oxygen atoms in total. The standard InChI is InChI=1S/C14H19FN4O.HI/c1-9-7-12(9)19-14(16-2)17-8-13(20)18-11-5-3-10(15)4-6-11;/h3-6,9,12H,7-8H2,1-2H3,(H,18,20)(H2,16,17,19);1H. The van der Waals surface area contributed by atoms with Gasteiger partial charge >= 0.3 is 0 Å². The van der Waals surface area contributed by atoms with E-state index in [9.17, 15) is 9.18 Å². The van der Waals surface area contributed by atoms with Gasteiger partial charge in [0.05, 0.1) is 6.54 Å². The Labute approximate surface area is 140 Å². The predicted molar refractivity (Wildman–Crippen MR) is 92.5 cm³/mol. The first-order chi connectivity index (χ1) is 9.58. The molecule has 21 heavy (non-hydrogen) atoms. The predicted octanol–water partition coefficient (Wildman–Crippen LogP) is 1.96. The van der Waals surface area contributed by atoms with Crippen molar-refractivity contribution in [1.29, 1.82) is 0 Å². The number of anilines is 1. The van der Waals surface area contributed by atoms with Gasteiger partial charge < -0.3 is 16.0 Å². The largest absolute Gasteiger partial charge is 0.353 e. The van der Waals surface area contributed by atoms with Crippen LogP contribution in [0.4, 0.5) is 10.1 Å². The molecule has 0 aromatic heterocycles. The Morgan fingerprint density at radius 2 is 2.00 bits per heavy atom. The lowest BCUT2D eigenvalue weighted by Crippen LogP contribution is -2.42. The van der Waals surface area contributed by atoms with Crippen LogP contribution in [0.1, 0.15) is 13.3 Å². The third-order valence-electron chi connectivity index (χ3n) is 3.20. The molecule has 116 valence electrons. The minimum atomic E-state index is -0.329. The third kappa shape index (κ3) is 5.86. The molecule has 3 N–H and O–H groups in total. The van der Waals surface area contributed by atoms with E-state index in [-0.39, 0.29) is 42.2 Å². The van der Waals surface area contributed by atoms with Crippen molar-refractivity contribution in [3.63, 3.8) is 0 Å². The molecule has 2 atom stereocenters. The van der Waals surface area contributed by atoms with Gasteiger partial charge in [0, 0.05) is 18.8 Å². The lowest BCUT2D eigenvalue weighted by molar-refractivity contribution is -0.115. The number of hydrogen-bond donors (Lipinski definition) is 3. The second kappa shape index (κ2) is 8.16. The Morgan fingerprint density at radius 3 is 2.52 bits per heavy atom. The molecule has 0 radical (unpaired) electrons. The molecule has 0 aliphatic heterocycles. The fourth-order valence-corrected chi connectivity index (χ4v) is 1.80. The third-order valence-corrected chi connectivity index (χ3v) is 3.20. The molecular formula is C14H20FIN4O. The highest BCUT2D eigenvalue weighted by molar-refractivity contribution is 14.0. The zero-order chi connectivity index (χ0) is 14.5. The molecule has 1 saturated carbocycles. The molecule has 1 aromatic rings. The summed E-state index contributed by atoms with van der Waals surface area (Å²) in [7, 11) is 1.67. The summed E-state index contributed by atoms with van der Waals surface area (Å²) in [6.45, 7) is 2.27. The lowest BCUT2D eigenvalue weighted by atomic mass is 10.3. The monoisotopic (exact) mass is 406 g/mol. The summed E-state index contributed by atoms with van der Waals surface area (Å²) in [5, 5.41) is 8.85. The summed E-state index contributed by atoms with van der Waals surface area (Å²) in [5.41, 5.74) is 0.567. The molecule has 0 saturated heterocycles. The van der Waals surface area contributed by atoms with Crippen molar-refractivity contribution >= 4 is 41.5 Å². The summed E-state index contributed by atoms with van der Waals surface area (Å²) in [4.78, 5) is 15.8. The van der Waals surface area contributed by atoms with Gasteiger partial charge in [0.1, 0.15) is 5.82 Å². The number of carbonyl (C=O) groups excluding carboxylic acids is 1. The van der Waals surface area contributed by atoms with Crippen molar-refractivity contribution in [3.8, 4) is 0 Å². The van der Waals surface area contributed by atoms with E-state index < -0.39 is 0 Å². The summed E-state index contributed by atoms with van der Waals surface area (Å²) in [6, 6.07) is 6.09. The second-order valence-electron chi connectivity index (χ2n) is 4.94. The second-order valence-corrected chi connectivity index (χ2v) is 4.94. The van der Waals surface area contributed by atoms with E-state index in [2.05, 4.69) is 27.9 Å². The number of nitrogens with zero attached hydrogens (tertiary/aromatic N) is 1. The molecule has 0 heterocycles. The first-order valence-corrected chi connectivity index (χ1v) is 6.61. The van der Waals surface area contributed by atoms with Crippen molar-refractivity contribution in [2.75, 3.05) is 18.9 Å². The number of hydrogen-bond acceptors (Lipinski definition) is 2. The highest BCUT2D eigenvalue weighted by Crippen LogP contribution is 2.28. The summed E-state index contributed by atoms with van der Waals surface area (Å²) in [6.07, 6.45) is 1.13. The molecule has 1 amide bonds. The van der Waals surface area contributed by atoms with Crippen molar-refractivity contribution in [1.82, 2.24) is 10.6 Å². The maximum Gasteiger partial charge on any atom is 0.243 e. The maximum absolute atomic E-state index is 12.7.